The summed E-state index contributed by atoms with van der Waals surface area (Å²) in [4.78, 5) is 12.8. The molecule has 28 heavy (non-hydrogen) atoms. The molecule has 0 aromatic rings. The summed E-state index contributed by atoms with van der Waals surface area (Å²) in [6, 6.07) is 0. The Labute approximate surface area is 169 Å². The lowest BCUT2D eigenvalue weighted by Crippen LogP contribution is -2.50. The third-order valence-electron chi connectivity index (χ3n) is 3.33. The second-order valence-corrected chi connectivity index (χ2v) is 7.33. The van der Waals surface area contributed by atoms with E-state index in [1.807, 2.05) is 13.8 Å². The maximum atomic E-state index is 12.8. The van der Waals surface area contributed by atoms with Crippen molar-refractivity contribution in [1.82, 2.24) is 0 Å². The first-order valence-electron chi connectivity index (χ1n) is 9.22. The van der Waals surface area contributed by atoms with Gasteiger partial charge in [-0.1, -0.05) is 48.6 Å². The van der Waals surface area contributed by atoms with Gasteiger partial charge >= 0.3 is 0 Å². The topological polar surface area (TPSA) is 74.2 Å². The van der Waals surface area contributed by atoms with Crippen molar-refractivity contribution < 1.29 is 28.8 Å². The summed E-state index contributed by atoms with van der Waals surface area (Å²) < 4.78 is 22.8. The van der Waals surface area contributed by atoms with Gasteiger partial charge in [0.1, 0.15) is 24.9 Å². The Hall–Kier alpha value is -1.57. The normalized spacial score (nSPS) is 14.2. The van der Waals surface area contributed by atoms with Crippen LogP contribution in [0.3, 0.4) is 0 Å². The number of hydrogen-bond acceptors (Lipinski definition) is 6. The lowest BCUT2D eigenvalue weighted by molar-refractivity contribution is -0.163. The van der Waals surface area contributed by atoms with Crippen LogP contribution in [0.4, 0.5) is 0 Å². The third kappa shape index (κ3) is 12.0. The molecule has 0 aromatic carbocycles. The van der Waals surface area contributed by atoms with Crippen molar-refractivity contribution in [2.45, 2.75) is 46.0 Å². The first-order chi connectivity index (χ1) is 13.1. The number of carbonyl (C=O) groups excluding carboxylic acids is 1. The number of Topliss-reactive ketones (excluding diaryl/α,β-unsaturated/α-hetero) is 1. The minimum absolute atomic E-state index is 0.167. The summed E-state index contributed by atoms with van der Waals surface area (Å²) in [5.41, 5.74) is 3.11. The Morgan fingerprint density at radius 1 is 0.750 bits per heavy atom. The number of carbonyl (C=O) groups is 1. The number of aliphatic hydroxyl groups excluding tert-OH is 1. The van der Waals surface area contributed by atoms with Crippen molar-refractivity contribution >= 4 is 5.78 Å². The van der Waals surface area contributed by atoms with E-state index in [0.717, 1.165) is 22.3 Å². The van der Waals surface area contributed by atoms with Crippen molar-refractivity contribution in [3.8, 4) is 0 Å². The van der Waals surface area contributed by atoms with Crippen molar-refractivity contribution in [1.29, 1.82) is 0 Å². The van der Waals surface area contributed by atoms with Gasteiger partial charge in [0, 0.05) is 0 Å². The average molecular weight is 397 g/mol. The van der Waals surface area contributed by atoms with Gasteiger partial charge in [-0.2, -0.15) is 0 Å². The average Bonchev–Trinajstić information content (AvgIpc) is 2.58. The summed E-state index contributed by atoms with van der Waals surface area (Å²) in [6.45, 7) is 22.7. The molecule has 0 bridgehead atoms. The quantitative estimate of drug-likeness (QED) is 0.381. The summed E-state index contributed by atoms with van der Waals surface area (Å²) in [6.07, 6.45) is -2.62. The van der Waals surface area contributed by atoms with Gasteiger partial charge in [-0.25, -0.2) is 0 Å². The summed E-state index contributed by atoms with van der Waals surface area (Å²) in [5.74, 6) is -0.313. The highest BCUT2D eigenvalue weighted by molar-refractivity contribution is 5.85. The molecule has 0 radical (unpaired) electrons. The standard InChI is InChI=1S/C22H36O6/c1-15(2)10-25-14-19(24)21(27-12-17(5)6)22(28-13-18(7)8)20(9-23)26-11-16(3)4/h20-23H,1,3,5,7,9-14H2,2,4,6,8H3/t20-,21+,22+/m1/s1. The molecular formula is C22H36O6. The van der Waals surface area contributed by atoms with Crippen LogP contribution in [0.25, 0.3) is 0 Å². The summed E-state index contributed by atoms with van der Waals surface area (Å²) >= 11 is 0. The molecule has 0 heterocycles. The molecule has 0 spiro atoms. The van der Waals surface area contributed by atoms with E-state index >= 15 is 0 Å². The van der Waals surface area contributed by atoms with Crippen LogP contribution in [0.15, 0.2) is 48.6 Å². The van der Waals surface area contributed by atoms with Crippen LogP contribution in [-0.2, 0) is 23.7 Å². The Morgan fingerprint density at radius 2 is 1.21 bits per heavy atom. The van der Waals surface area contributed by atoms with Gasteiger partial charge in [0.15, 0.2) is 5.78 Å². The zero-order valence-corrected chi connectivity index (χ0v) is 17.8. The molecule has 1 N–H and O–H groups in total. The maximum Gasteiger partial charge on any atom is 0.189 e. The molecule has 0 amide bonds. The van der Waals surface area contributed by atoms with Crippen molar-refractivity contribution in [2.24, 2.45) is 0 Å². The second-order valence-electron chi connectivity index (χ2n) is 7.33. The molecule has 0 aliphatic carbocycles. The Morgan fingerprint density at radius 3 is 1.68 bits per heavy atom. The van der Waals surface area contributed by atoms with E-state index in [0.29, 0.717) is 0 Å². The molecule has 0 aliphatic heterocycles. The SMILES string of the molecule is C=C(C)COCC(=O)[C@H](OCC(=C)C)[C@@H](OCC(=C)C)[C@@H](CO)OCC(=C)C. The minimum Gasteiger partial charge on any atom is -0.394 e. The summed E-state index contributed by atoms with van der Waals surface area (Å²) in [7, 11) is 0. The first-order valence-corrected chi connectivity index (χ1v) is 9.22. The van der Waals surface area contributed by atoms with Crippen molar-refractivity contribution in [2.75, 3.05) is 39.6 Å². The van der Waals surface area contributed by atoms with Crippen LogP contribution in [0.2, 0.25) is 0 Å². The fourth-order valence-electron chi connectivity index (χ4n) is 2.14. The molecule has 0 rings (SSSR count). The van der Waals surface area contributed by atoms with Gasteiger partial charge in [0.2, 0.25) is 0 Å². The van der Waals surface area contributed by atoms with Crippen LogP contribution in [0.1, 0.15) is 27.7 Å². The van der Waals surface area contributed by atoms with E-state index < -0.39 is 18.3 Å². The van der Waals surface area contributed by atoms with Crippen LogP contribution in [0.5, 0.6) is 0 Å². The Kier molecular flexibility index (Phi) is 13.6. The number of ketones is 1. The van der Waals surface area contributed by atoms with Gasteiger partial charge in [-0.05, 0) is 27.7 Å². The predicted octanol–water partition coefficient (Wildman–Crippen LogP) is 3.02. The summed E-state index contributed by atoms with van der Waals surface area (Å²) in [5, 5.41) is 9.85. The molecule has 0 unspecified atom stereocenters. The van der Waals surface area contributed by atoms with E-state index in [-0.39, 0.29) is 45.4 Å². The van der Waals surface area contributed by atoms with E-state index in [2.05, 4.69) is 26.3 Å². The number of rotatable bonds is 17. The lowest BCUT2D eigenvalue weighted by atomic mass is 10.0. The third-order valence-corrected chi connectivity index (χ3v) is 3.33. The fraction of sp³-hybridized carbons (Fsp3) is 0.591. The molecule has 0 fully saturated rings. The largest absolute Gasteiger partial charge is 0.394 e. The number of aliphatic hydroxyl groups is 1. The van der Waals surface area contributed by atoms with Gasteiger partial charge in [-0.3, -0.25) is 4.79 Å². The zero-order chi connectivity index (χ0) is 21.7. The van der Waals surface area contributed by atoms with E-state index in [4.69, 9.17) is 18.9 Å². The highest BCUT2D eigenvalue weighted by Gasteiger charge is 2.36. The van der Waals surface area contributed by atoms with Crippen LogP contribution >= 0.6 is 0 Å². The van der Waals surface area contributed by atoms with Gasteiger partial charge < -0.3 is 24.1 Å². The predicted molar refractivity (Wildman–Crippen MR) is 111 cm³/mol. The van der Waals surface area contributed by atoms with Crippen LogP contribution in [0, 0.1) is 0 Å². The molecule has 0 saturated carbocycles. The van der Waals surface area contributed by atoms with Gasteiger partial charge in [0.25, 0.3) is 0 Å². The van der Waals surface area contributed by atoms with Gasteiger partial charge in [-0.15, -0.1) is 0 Å². The Balaban J connectivity index is 5.50. The molecule has 0 saturated heterocycles. The molecule has 160 valence electrons. The highest BCUT2D eigenvalue weighted by Crippen LogP contribution is 2.17. The fourth-order valence-corrected chi connectivity index (χ4v) is 2.14. The van der Waals surface area contributed by atoms with Crippen LogP contribution < -0.4 is 0 Å². The van der Waals surface area contributed by atoms with Crippen molar-refractivity contribution in [3.05, 3.63) is 48.6 Å². The smallest absolute Gasteiger partial charge is 0.189 e. The van der Waals surface area contributed by atoms with Crippen molar-refractivity contribution in [3.63, 3.8) is 0 Å². The van der Waals surface area contributed by atoms with E-state index in [1.54, 1.807) is 13.8 Å². The zero-order valence-electron chi connectivity index (χ0n) is 17.8. The monoisotopic (exact) mass is 396 g/mol. The van der Waals surface area contributed by atoms with Gasteiger partial charge in [0.05, 0.1) is 33.0 Å². The van der Waals surface area contributed by atoms with E-state index in [9.17, 15) is 9.90 Å². The maximum absolute atomic E-state index is 12.8. The molecule has 0 aliphatic rings. The number of hydrogen-bond donors (Lipinski definition) is 1. The number of ether oxygens (including phenoxy) is 4. The van der Waals surface area contributed by atoms with E-state index in [1.165, 1.54) is 0 Å². The molecule has 3 atom stereocenters. The lowest BCUT2D eigenvalue weighted by Gasteiger charge is -2.32. The Bertz CT molecular complexity index is 551. The second kappa shape index (κ2) is 14.4. The molecule has 0 aromatic heterocycles. The first kappa shape index (κ1) is 26.4. The molecule has 6 nitrogen and oxygen atoms in total. The minimum atomic E-state index is -0.997. The van der Waals surface area contributed by atoms with Crippen LogP contribution in [-0.4, -0.2) is 68.8 Å². The highest BCUT2D eigenvalue weighted by atomic mass is 16.6. The molecular weight excluding hydrogens is 360 g/mol. The molecule has 6 heteroatoms.